The van der Waals surface area contributed by atoms with Gasteiger partial charge < -0.3 is 15.4 Å². The molecule has 2 aromatic rings. The normalized spacial score (nSPS) is 15.1. The molecule has 33 heavy (non-hydrogen) atoms. The second-order valence-corrected chi connectivity index (χ2v) is 10.3. The molecule has 0 unspecified atom stereocenters. The third kappa shape index (κ3) is 6.33. The lowest BCUT2D eigenvalue weighted by Crippen LogP contribution is -2.39. The third-order valence-corrected chi connectivity index (χ3v) is 7.81. The first-order valence-corrected chi connectivity index (χ1v) is 12.5. The quantitative estimate of drug-likeness (QED) is 0.597. The van der Waals surface area contributed by atoms with E-state index in [1.165, 1.54) is 7.11 Å². The molecule has 178 valence electrons. The van der Waals surface area contributed by atoms with Crippen LogP contribution in [0.3, 0.4) is 0 Å². The van der Waals surface area contributed by atoms with Gasteiger partial charge in [0.1, 0.15) is 0 Å². The number of amides is 2. The highest BCUT2D eigenvalue weighted by Crippen LogP contribution is 2.25. The van der Waals surface area contributed by atoms with E-state index in [1.54, 1.807) is 46.8 Å². The van der Waals surface area contributed by atoms with Gasteiger partial charge in [0.15, 0.2) is 0 Å². The van der Waals surface area contributed by atoms with E-state index in [9.17, 15) is 18.0 Å². The molecule has 0 saturated carbocycles. The molecule has 3 rings (SSSR count). The molecule has 0 atom stereocenters. The Kier molecular flexibility index (Phi) is 8.10. The summed E-state index contributed by atoms with van der Waals surface area (Å²) >= 11 is 0. The number of anilines is 1. The summed E-state index contributed by atoms with van der Waals surface area (Å²) in [4.78, 5) is 24.6. The zero-order chi connectivity index (χ0) is 24.0. The molecule has 2 amide bonds. The van der Waals surface area contributed by atoms with Crippen molar-refractivity contribution in [1.82, 2.24) is 9.62 Å². The van der Waals surface area contributed by atoms with E-state index < -0.39 is 22.0 Å². The molecule has 8 nitrogen and oxygen atoms in total. The number of rotatable bonds is 7. The summed E-state index contributed by atoms with van der Waals surface area (Å²) in [6.45, 7) is 5.20. The van der Waals surface area contributed by atoms with Crippen LogP contribution in [0.2, 0.25) is 0 Å². The van der Waals surface area contributed by atoms with Crippen LogP contribution in [0.5, 0.6) is 0 Å². The lowest BCUT2D eigenvalue weighted by Gasteiger charge is -2.31. The first kappa shape index (κ1) is 24.7. The molecule has 0 aromatic heterocycles. The summed E-state index contributed by atoms with van der Waals surface area (Å²) < 4.78 is 32.0. The lowest BCUT2D eigenvalue weighted by atomic mass is 9.95. The standard InChI is InChI=1S/C24H31N3O5S/c1-17-4-7-20(8-5-17)33(30,31)27-14-11-19(12-15-27)10-13-25-24(29)26-22-16-18(2)6-9-21(22)23(28)32-3/h4-9,16,19H,10-15H2,1-3H3,(H2,25,26,29). The predicted octanol–water partition coefficient (Wildman–Crippen LogP) is 3.70. The molecule has 1 fully saturated rings. The van der Waals surface area contributed by atoms with Crippen LogP contribution >= 0.6 is 0 Å². The number of methoxy groups -OCH3 is 1. The highest BCUT2D eigenvalue weighted by Gasteiger charge is 2.29. The molecule has 1 aliphatic heterocycles. The first-order valence-electron chi connectivity index (χ1n) is 11.0. The molecule has 0 aliphatic carbocycles. The van der Waals surface area contributed by atoms with Crippen molar-refractivity contribution in [2.45, 2.75) is 38.0 Å². The van der Waals surface area contributed by atoms with Crippen LogP contribution in [0.1, 0.15) is 40.7 Å². The Morgan fingerprint density at radius 2 is 1.67 bits per heavy atom. The fraction of sp³-hybridized carbons (Fsp3) is 0.417. The van der Waals surface area contributed by atoms with E-state index in [-0.39, 0.29) is 0 Å². The number of carbonyl (C=O) groups is 2. The molecule has 1 heterocycles. The number of hydrogen-bond acceptors (Lipinski definition) is 5. The van der Waals surface area contributed by atoms with Gasteiger partial charge in [0.2, 0.25) is 10.0 Å². The maximum Gasteiger partial charge on any atom is 0.339 e. The second kappa shape index (κ2) is 10.8. The molecule has 1 saturated heterocycles. The van der Waals surface area contributed by atoms with Crippen molar-refractivity contribution in [3.63, 3.8) is 0 Å². The molecule has 9 heteroatoms. The largest absolute Gasteiger partial charge is 0.465 e. The van der Waals surface area contributed by atoms with Crippen LogP contribution in [0.25, 0.3) is 0 Å². The minimum atomic E-state index is -3.47. The Balaban J connectivity index is 1.46. The summed E-state index contributed by atoms with van der Waals surface area (Å²) in [5, 5.41) is 5.54. The summed E-state index contributed by atoms with van der Waals surface area (Å²) in [6.07, 6.45) is 2.25. The minimum absolute atomic E-state index is 0.292. The molecule has 2 N–H and O–H groups in total. The zero-order valence-corrected chi connectivity index (χ0v) is 20.1. The summed E-state index contributed by atoms with van der Waals surface area (Å²) in [5.74, 6) is -0.183. The number of aryl methyl sites for hydroxylation is 2. The van der Waals surface area contributed by atoms with Gasteiger partial charge in [-0.15, -0.1) is 0 Å². The maximum absolute atomic E-state index is 12.8. The fourth-order valence-corrected chi connectivity index (χ4v) is 5.37. The van der Waals surface area contributed by atoms with Gasteiger partial charge in [-0.3, -0.25) is 0 Å². The summed E-state index contributed by atoms with van der Waals surface area (Å²) in [5.41, 5.74) is 2.62. The number of esters is 1. The SMILES string of the molecule is COC(=O)c1ccc(C)cc1NC(=O)NCCC1CCN(S(=O)(=O)c2ccc(C)cc2)CC1. The Labute approximate surface area is 195 Å². The van der Waals surface area contributed by atoms with Crippen LogP contribution in [0, 0.1) is 19.8 Å². The predicted molar refractivity (Wildman–Crippen MR) is 127 cm³/mol. The first-order chi connectivity index (χ1) is 15.7. The average Bonchev–Trinajstić information content (AvgIpc) is 2.79. The molecular weight excluding hydrogens is 442 g/mol. The number of carbonyl (C=O) groups excluding carboxylic acids is 2. The third-order valence-electron chi connectivity index (χ3n) is 5.90. The fourth-order valence-electron chi connectivity index (χ4n) is 3.90. The molecule has 1 aliphatic rings. The molecular formula is C24H31N3O5S. The van der Waals surface area contributed by atoms with Crippen LogP contribution in [0.4, 0.5) is 10.5 Å². The van der Waals surface area contributed by atoms with Crippen molar-refractivity contribution < 1.29 is 22.7 Å². The minimum Gasteiger partial charge on any atom is -0.465 e. The van der Waals surface area contributed by atoms with Gasteiger partial charge in [-0.05, 0) is 68.9 Å². The van der Waals surface area contributed by atoms with Gasteiger partial charge in [0.25, 0.3) is 0 Å². The number of hydrogen-bond donors (Lipinski definition) is 2. The highest BCUT2D eigenvalue weighted by molar-refractivity contribution is 7.89. The maximum atomic E-state index is 12.8. The average molecular weight is 474 g/mol. The van der Waals surface area contributed by atoms with E-state index in [0.29, 0.717) is 41.7 Å². The van der Waals surface area contributed by atoms with Crippen molar-refractivity contribution in [3.05, 3.63) is 59.2 Å². The number of urea groups is 1. The molecule has 0 bridgehead atoms. The van der Waals surface area contributed by atoms with Crippen molar-refractivity contribution in [2.75, 3.05) is 32.1 Å². The van der Waals surface area contributed by atoms with Crippen molar-refractivity contribution in [1.29, 1.82) is 0 Å². The Morgan fingerprint density at radius 3 is 2.30 bits per heavy atom. The van der Waals surface area contributed by atoms with Gasteiger partial charge >= 0.3 is 12.0 Å². The number of ether oxygens (including phenoxy) is 1. The van der Waals surface area contributed by atoms with Crippen LogP contribution in [-0.2, 0) is 14.8 Å². The number of benzene rings is 2. The van der Waals surface area contributed by atoms with Gasteiger partial charge in [-0.1, -0.05) is 23.8 Å². The summed E-state index contributed by atoms with van der Waals surface area (Å²) in [7, 11) is -2.18. The number of piperidine rings is 1. The van der Waals surface area contributed by atoms with Gasteiger partial charge in [0, 0.05) is 19.6 Å². The topological polar surface area (TPSA) is 105 Å². The van der Waals surface area contributed by atoms with Crippen molar-refractivity contribution in [2.24, 2.45) is 5.92 Å². The van der Waals surface area contributed by atoms with Crippen LogP contribution in [0.15, 0.2) is 47.4 Å². The zero-order valence-electron chi connectivity index (χ0n) is 19.3. The molecule has 2 aromatic carbocycles. The second-order valence-electron chi connectivity index (χ2n) is 8.37. The molecule has 0 spiro atoms. The number of sulfonamides is 1. The van der Waals surface area contributed by atoms with Gasteiger partial charge in [0.05, 0.1) is 23.3 Å². The van der Waals surface area contributed by atoms with E-state index >= 15 is 0 Å². The van der Waals surface area contributed by atoms with E-state index in [4.69, 9.17) is 4.74 Å². The highest BCUT2D eigenvalue weighted by atomic mass is 32.2. The lowest BCUT2D eigenvalue weighted by molar-refractivity contribution is 0.0602. The Bertz CT molecular complexity index is 1090. The van der Waals surface area contributed by atoms with E-state index in [0.717, 1.165) is 30.4 Å². The van der Waals surface area contributed by atoms with Crippen LogP contribution < -0.4 is 10.6 Å². The number of nitrogens with one attached hydrogen (secondary N) is 2. The van der Waals surface area contributed by atoms with Gasteiger partial charge in [-0.25, -0.2) is 18.0 Å². The van der Waals surface area contributed by atoms with Crippen molar-refractivity contribution in [3.8, 4) is 0 Å². The number of nitrogens with zero attached hydrogens (tertiary/aromatic N) is 1. The van der Waals surface area contributed by atoms with Crippen LogP contribution in [-0.4, -0.2) is 51.5 Å². The summed E-state index contributed by atoms with van der Waals surface area (Å²) in [6, 6.07) is 11.6. The van der Waals surface area contributed by atoms with Crippen molar-refractivity contribution >= 4 is 27.7 Å². The monoisotopic (exact) mass is 473 g/mol. The van der Waals surface area contributed by atoms with E-state index in [2.05, 4.69) is 10.6 Å². The van der Waals surface area contributed by atoms with E-state index in [1.807, 2.05) is 13.8 Å². The Morgan fingerprint density at radius 1 is 1.03 bits per heavy atom. The molecule has 0 radical (unpaired) electrons. The van der Waals surface area contributed by atoms with Gasteiger partial charge in [-0.2, -0.15) is 4.31 Å². The smallest absolute Gasteiger partial charge is 0.339 e. The Hall–Kier alpha value is -2.91.